The Labute approximate surface area is 77.1 Å². The molecule has 1 nitrogen and oxygen atoms in total. The van der Waals surface area contributed by atoms with E-state index < -0.39 is 0 Å². The summed E-state index contributed by atoms with van der Waals surface area (Å²) in [5.41, 5.74) is 4.54. The van der Waals surface area contributed by atoms with Crippen molar-refractivity contribution in [3.05, 3.63) is 48.1 Å². The standard InChI is InChI=1S/C12H8N/c1-3-7-11-9(5-1)10-6-2-4-8-12(10)13-11/h1,3-4,6-8H,2H2. The lowest BCUT2D eigenvalue weighted by molar-refractivity contribution is 1.39. The van der Waals surface area contributed by atoms with Crippen molar-refractivity contribution in [1.82, 2.24) is 0 Å². The van der Waals surface area contributed by atoms with Crippen molar-refractivity contribution in [1.29, 1.82) is 0 Å². The number of nitrogens with zero attached hydrogens (tertiary/aromatic N) is 1. The first-order valence-electron chi connectivity index (χ1n) is 4.42. The molecule has 1 aliphatic heterocycles. The molecule has 0 amide bonds. The summed E-state index contributed by atoms with van der Waals surface area (Å²) in [4.78, 5) is 4.50. The topological polar surface area (TPSA) is 12.4 Å². The monoisotopic (exact) mass is 166 g/mol. The van der Waals surface area contributed by atoms with Crippen LogP contribution in [0.4, 0.5) is 5.69 Å². The van der Waals surface area contributed by atoms with Gasteiger partial charge in [0.15, 0.2) is 0 Å². The summed E-state index contributed by atoms with van der Waals surface area (Å²) in [6.07, 6.45) is 7.44. The van der Waals surface area contributed by atoms with Gasteiger partial charge in [-0.15, -0.1) is 0 Å². The molecule has 0 bridgehead atoms. The first-order chi connectivity index (χ1) is 6.45. The maximum atomic E-state index is 4.50. The van der Waals surface area contributed by atoms with Gasteiger partial charge in [0.05, 0.1) is 11.4 Å². The molecule has 1 heteroatoms. The van der Waals surface area contributed by atoms with Gasteiger partial charge in [0, 0.05) is 11.1 Å². The highest BCUT2D eigenvalue weighted by atomic mass is 14.8. The number of aliphatic imine (C=N–C) groups is 1. The van der Waals surface area contributed by atoms with Crippen LogP contribution < -0.4 is 0 Å². The Morgan fingerprint density at radius 3 is 3.38 bits per heavy atom. The molecule has 0 saturated carbocycles. The number of allylic oxidation sites excluding steroid dienone is 4. The Bertz CT molecular complexity index is 450. The third-order valence-corrected chi connectivity index (χ3v) is 2.35. The Morgan fingerprint density at radius 1 is 1.38 bits per heavy atom. The summed E-state index contributed by atoms with van der Waals surface area (Å²) in [6, 6.07) is 9.18. The summed E-state index contributed by atoms with van der Waals surface area (Å²) >= 11 is 0. The molecule has 0 N–H and O–H groups in total. The molecule has 2 aliphatic rings. The van der Waals surface area contributed by atoms with E-state index in [0.717, 1.165) is 23.4 Å². The molecule has 0 aromatic heterocycles. The van der Waals surface area contributed by atoms with Crippen molar-refractivity contribution in [2.24, 2.45) is 4.99 Å². The van der Waals surface area contributed by atoms with Crippen LogP contribution in [0.5, 0.6) is 0 Å². The fraction of sp³-hybridized carbons (Fsp3) is 0.0833. The minimum absolute atomic E-state index is 1.01. The third kappa shape index (κ3) is 0.903. The third-order valence-electron chi connectivity index (χ3n) is 2.35. The van der Waals surface area contributed by atoms with Crippen molar-refractivity contribution in [2.75, 3.05) is 0 Å². The smallest absolute Gasteiger partial charge is 0.0722 e. The summed E-state index contributed by atoms with van der Waals surface area (Å²) < 4.78 is 0. The molecular formula is C12H8N. The molecule has 0 fully saturated rings. The summed E-state index contributed by atoms with van der Waals surface area (Å²) in [5.74, 6) is 0. The quantitative estimate of drug-likeness (QED) is 0.562. The Balaban J connectivity index is 2.26. The molecule has 13 heavy (non-hydrogen) atoms. The van der Waals surface area contributed by atoms with E-state index in [9.17, 15) is 0 Å². The lowest BCUT2D eigenvalue weighted by Gasteiger charge is -2.03. The van der Waals surface area contributed by atoms with E-state index in [2.05, 4.69) is 29.3 Å². The van der Waals surface area contributed by atoms with Crippen LogP contribution in [0.1, 0.15) is 12.0 Å². The van der Waals surface area contributed by atoms with Gasteiger partial charge in [-0.1, -0.05) is 24.3 Å². The average molecular weight is 166 g/mol. The van der Waals surface area contributed by atoms with Gasteiger partial charge >= 0.3 is 0 Å². The molecule has 1 radical (unpaired) electrons. The van der Waals surface area contributed by atoms with Gasteiger partial charge in [-0.3, -0.25) is 0 Å². The average Bonchev–Trinajstić information content (AvgIpc) is 2.56. The zero-order valence-electron chi connectivity index (χ0n) is 7.12. The number of hydrogen-bond donors (Lipinski definition) is 0. The van der Waals surface area contributed by atoms with Gasteiger partial charge in [-0.05, 0) is 24.6 Å². The maximum absolute atomic E-state index is 4.50. The Kier molecular flexibility index (Phi) is 1.28. The SMILES string of the molecule is [c]1cccc2c1C1=CCC=CC1=N2. The molecule has 1 aliphatic carbocycles. The molecule has 1 heterocycles. The minimum atomic E-state index is 1.01. The van der Waals surface area contributed by atoms with E-state index in [1.54, 1.807) is 0 Å². The normalized spacial score (nSPS) is 17.5. The van der Waals surface area contributed by atoms with Crippen LogP contribution in [-0.4, -0.2) is 5.71 Å². The predicted molar refractivity (Wildman–Crippen MR) is 54.1 cm³/mol. The van der Waals surface area contributed by atoms with Crippen LogP contribution in [0, 0.1) is 6.07 Å². The van der Waals surface area contributed by atoms with Gasteiger partial charge in [0.1, 0.15) is 0 Å². The van der Waals surface area contributed by atoms with Crippen LogP contribution in [0.25, 0.3) is 5.57 Å². The molecule has 0 saturated heterocycles. The molecular weight excluding hydrogens is 158 g/mol. The highest BCUT2D eigenvalue weighted by molar-refractivity contribution is 6.34. The molecule has 3 rings (SSSR count). The van der Waals surface area contributed by atoms with E-state index >= 15 is 0 Å². The fourth-order valence-corrected chi connectivity index (χ4v) is 1.75. The van der Waals surface area contributed by atoms with Gasteiger partial charge in [-0.2, -0.15) is 0 Å². The van der Waals surface area contributed by atoms with Crippen LogP contribution in [0.3, 0.4) is 0 Å². The lowest BCUT2D eigenvalue weighted by atomic mass is 9.98. The summed E-state index contributed by atoms with van der Waals surface area (Å²) in [5, 5.41) is 0. The largest absolute Gasteiger partial charge is 0.248 e. The van der Waals surface area contributed by atoms with Crippen molar-refractivity contribution < 1.29 is 0 Å². The van der Waals surface area contributed by atoms with Crippen LogP contribution >= 0.6 is 0 Å². The molecule has 0 spiro atoms. The lowest BCUT2D eigenvalue weighted by Crippen LogP contribution is -1.95. The molecule has 0 unspecified atom stereocenters. The zero-order valence-corrected chi connectivity index (χ0v) is 7.12. The maximum Gasteiger partial charge on any atom is 0.0722 e. The minimum Gasteiger partial charge on any atom is -0.248 e. The second-order valence-corrected chi connectivity index (χ2v) is 3.18. The number of hydrogen-bond acceptors (Lipinski definition) is 1. The van der Waals surface area contributed by atoms with Crippen molar-refractivity contribution in [2.45, 2.75) is 6.42 Å². The second kappa shape index (κ2) is 2.43. The first-order valence-corrected chi connectivity index (χ1v) is 4.42. The fourth-order valence-electron chi connectivity index (χ4n) is 1.75. The molecule has 1 aromatic carbocycles. The van der Waals surface area contributed by atoms with Gasteiger partial charge in [-0.25, -0.2) is 4.99 Å². The molecule has 0 atom stereocenters. The van der Waals surface area contributed by atoms with Gasteiger partial charge < -0.3 is 0 Å². The van der Waals surface area contributed by atoms with E-state index in [1.165, 1.54) is 5.57 Å². The Morgan fingerprint density at radius 2 is 2.38 bits per heavy atom. The summed E-state index contributed by atoms with van der Waals surface area (Å²) in [7, 11) is 0. The van der Waals surface area contributed by atoms with Crippen molar-refractivity contribution in [3.8, 4) is 0 Å². The summed E-state index contributed by atoms with van der Waals surface area (Å²) in [6.45, 7) is 0. The Hall–Kier alpha value is -1.63. The van der Waals surface area contributed by atoms with Gasteiger partial charge in [0.25, 0.3) is 0 Å². The van der Waals surface area contributed by atoms with Crippen molar-refractivity contribution in [3.63, 3.8) is 0 Å². The van der Waals surface area contributed by atoms with E-state index in [1.807, 2.05) is 18.2 Å². The van der Waals surface area contributed by atoms with Crippen LogP contribution in [0.15, 0.2) is 41.4 Å². The van der Waals surface area contributed by atoms with Crippen molar-refractivity contribution >= 4 is 17.0 Å². The first kappa shape index (κ1) is 6.84. The van der Waals surface area contributed by atoms with Gasteiger partial charge in [0.2, 0.25) is 0 Å². The highest BCUT2D eigenvalue weighted by Crippen LogP contribution is 2.35. The highest BCUT2D eigenvalue weighted by Gasteiger charge is 2.19. The van der Waals surface area contributed by atoms with E-state index in [0.29, 0.717) is 0 Å². The number of benzene rings is 1. The van der Waals surface area contributed by atoms with Crippen LogP contribution in [0.2, 0.25) is 0 Å². The molecule has 61 valence electrons. The van der Waals surface area contributed by atoms with E-state index in [-0.39, 0.29) is 0 Å². The number of rotatable bonds is 0. The number of fused-ring (bicyclic) bond motifs is 3. The van der Waals surface area contributed by atoms with E-state index in [4.69, 9.17) is 0 Å². The predicted octanol–water partition coefficient (Wildman–Crippen LogP) is 2.92. The second-order valence-electron chi connectivity index (χ2n) is 3.18. The van der Waals surface area contributed by atoms with Crippen LogP contribution in [-0.2, 0) is 0 Å². The zero-order chi connectivity index (χ0) is 8.67. The molecule has 1 aromatic rings.